The number of halogens is 3. The summed E-state index contributed by atoms with van der Waals surface area (Å²) in [5.74, 6) is 0.410. The highest BCUT2D eigenvalue weighted by molar-refractivity contribution is 7.89. The maximum atomic E-state index is 12.8. The molecular weight excluding hydrogens is 379 g/mol. The summed E-state index contributed by atoms with van der Waals surface area (Å²) in [5, 5.41) is 0. The van der Waals surface area contributed by atoms with Crippen molar-refractivity contribution < 1.29 is 21.6 Å². The van der Waals surface area contributed by atoms with Gasteiger partial charge in [0.2, 0.25) is 10.0 Å². The number of alkyl halides is 3. The molecule has 0 unspecified atom stereocenters. The van der Waals surface area contributed by atoms with Crippen LogP contribution in [0.25, 0.3) is 0 Å². The van der Waals surface area contributed by atoms with Gasteiger partial charge >= 0.3 is 6.18 Å². The molecule has 0 spiro atoms. The Morgan fingerprint density at radius 1 is 1.00 bits per heavy atom. The number of anilines is 1. The first-order valence-electron chi connectivity index (χ1n) is 8.59. The molecule has 0 radical (unpaired) electrons. The lowest BCUT2D eigenvalue weighted by Gasteiger charge is -2.34. The third-order valence-electron chi connectivity index (χ3n) is 4.61. The van der Waals surface area contributed by atoms with Crippen molar-refractivity contribution in [2.45, 2.75) is 24.4 Å². The number of hydrogen-bond donors (Lipinski definition) is 0. The maximum Gasteiger partial charge on any atom is 0.417 e. The number of aromatic nitrogens is 1. The molecule has 5 nitrogen and oxygen atoms in total. The second kappa shape index (κ2) is 7.47. The molecule has 1 aliphatic rings. The molecule has 1 aromatic carbocycles. The van der Waals surface area contributed by atoms with E-state index in [4.69, 9.17) is 0 Å². The molecule has 1 fully saturated rings. The van der Waals surface area contributed by atoms with Crippen LogP contribution >= 0.6 is 0 Å². The lowest BCUT2D eigenvalue weighted by molar-refractivity contribution is -0.137. The van der Waals surface area contributed by atoms with E-state index in [1.807, 2.05) is 6.92 Å². The molecule has 9 heteroatoms. The summed E-state index contributed by atoms with van der Waals surface area (Å²) in [7, 11) is -3.58. The third-order valence-corrected chi connectivity index (χ3v) is 6.52. The Balaban J connectivity index is 1.67. The molecule has 1 saturated heterocycles. The Labute approximate surface area is 156 Å². The predicted octanol–water partition coefficient (Wildman–Crippen LogP) is 3.17. The highest BCUT2D eigenvalue weighted by Gasteiger charge is 2.32. The van der Waals surface area contributed by atoms with Crippen molar-refractivity contribution in [2.24, 2.45) is 0 Å². The van der Waals surface area contributed by atoms with Crippen molar-refractivity contribution in [1.82, 2.24) is 9.29 Å². The van der Waals surface area contributed by atoms with Crippen LogP contribution in [0.1, 0.15) is 18.1 Å². The van der Waals surface area contributed by atoms with Crippen LogP contribution in [0.3, 0.4) is 0 Å². The minimum Gasteiger partial charge on any atom is -0.354 e. The van der Waals surface area contributed by atoms with E-state index in [1.54, 1.807) is 29.2 Å². The van der Waals surface area contributed by atoms with Crippen molar-refractivity contribution in [2.75, 3.05) is 31.1 Å². The Morgan fingerprint density at radius 3 is 2.11 bits per heavy atom. The summed E-state index contributed by atoms with van der Waals surface area (Å²) in [5.41, 5.74) is 0.259. The van der Waals surface area contributed by atoms with Gasteiger partial charge in [-0.25, -0.2) is 13.4 Å². The van der Waals surface area contributed by atoms with Gasteiger partial charge in [0.05, 0.1) is 10.5 Å². The van der Waals surface area contributed by atoms with Crippen LogP contribution in [0.2, 0.25) is 0 Å². The Kier molecular flexibility index (Phi) is 5.43. The number of rotatable bonds is 4. The summed E-state index contributed by atoms with van der Waals surface area (Å²) in [6, 6.07) is 9.12. The smallest absolute Gasteiger partial charge is 0.354 e. The molecule has 0 N–H and O–H groups in total. The quantitative estimate of drug-likeness (QED) is 0.793. The average molecular weight is 399 g/mol. The molecule has 0 aliphatic carbocycles. The molecule has 0 amide bonds. The van der Waals surface area contributed by atoms with E-state index >= 15 is 0 Å². The summed E-state index contributed by atoms with van der Waals surface area (Å²) in [6.07, 6.45) is -2.79. The monoisotopic (exact) mass is 399 g/mol. The summed E-state index contributed by atoms with van der Waals surface area (Å²) in [4.78, 5) is 5.91. The first-order valence-corrected chi connectivity index (χ1v) is 10.0. The zero-order chi connectivity index (χ0) is 19.7. The van der Waals surface area contributed by atoms with Crippen molar-refractivity contribution in [3.8, 4) is 0 Å². The zero-order valence-corrected chi connectivity index (χ0v) is 15.6. The first-order chi connectivity index (χ1) is 12.7. The number of benzene rings is 1. The predicted molar refractivity (Wildman–Crippen MR) is 96.0 cm³/mol. The number of nitrogens with zero attached hydrogens (tertiary/aromatic N) is 3. The van der Waals surface area contributed by atoms with Gasteiger partial charge < -0.3 is 4.90 Å². The van der Waals surface area contributed by atoms with Crippen molar-refractivity contribution in [3.05, 3.63) is 53.7 Å². The highest BCUT2D eigenvalue weighted by Crippen LogP contribution is 2.29. The topological polar surface area (TPSA) is 53.5 Å². The molecule has 0 saturated carbocycles. The standard InChI is InChI=1S/C18H20F3N3O2S/c1-2-14-3-6-16(7-4-14)27(25,26)24-11-9-23(10-12-24)17-8-5-15(13-22-17)18(19,20)21/h3-8,13H,2,9-12H2,1H3. The number of sulfonamides is 1. The van der Waals surface area contributed by atoms with Crippen LogP contribution in [0, 0.1) is 0 Å². The van der Waals surface area contributed by atoms with Crippen molar-refractivity contribution >= 4 is 15.8 Å². The van der Waals surface area contributed by atoms with Gasteiger partial charge in [0.1, 0.15) is 5.82 Å². The molecule has 0 bridgehead atoms. The molecule has 0 atom stereocenters. The van der Waals surface area contributed by atoms with Crippen molar-refractivity contribution in [3.63, 3.8) is 0 Å². The summed E-state index contributed by atoms with van der Waals surface area (Å²) < 4.78 is 64.8. The minimum atomic E-state index is -4.42. The number of aryl methyl sites for hydroxylation is 1. The van der Waals surface area contributed by atoms with E-state index in [2.05, 4.69) is 4.98 Å². The largest absolute Gasteiger partial charge is 0.417 e. The molecular formula is C18H20F3N3O2S. The number of piperazine rings is 1. The fourth-order valence-corrected chi connectivity index (χ4v) is 4.37. The lowest BCUT2D eigenvalue weighted by atomic mass is 10.2. The van der Waals surface area contributed by atoms with Gasteiger partial charge in [-0.2, -0.15) is 17.5 Å². The molecule has 3 rings (SSSR count). The summed E-state index contributed by atoms with van der Waals surface area (Å²) >= 11 is 0. The molecule has 1 aromatic heterocycles. The van der Waals surface area contributed by atoms with Gasteiger partial charge in [0.15, 0.2) is 0 Å². The van der Waals surface area contributed by atoms with Crippen LogP contribution in [0.5, 0.6) is 0 Å². The maximum absolute atomic E-state index is 12.8. The van der Waals surface area contributed by atoms with Crippen LogP contribution in [0.15, 0.2) is 47.5 Å². The molecule has 27 heavy (non-hydrogen) atoms. The normalized spacial score (nSPS) is 16.5. The Morgan fingerprint density at radius 2 is 1.63 bits per heavy atom. The zero-order valence-electron chi connectivity index (χ0n) is 14.8. The minimum absolute atomic E-state index is 0.251. The van der Waals surface area contributed by atoms with E-state index in [1.165, 1.54) is 10.4 Å². The molecule has 2 aromatic rings. The highest BCUT2D eigenvalue weighted by atomic mass is 32.2. The fourth-order valence-electron chi connectivity index (χ4n) is 2.94. The SMILES string of the molecule is CCc1ccc(S(=O)(=O)N2CCN(c3ccc(C(F)(F)F)cn3)CC2)cc1. The number of pyridine rings is 1. The van der Waals surface area contributed by atoms with Crippen LogP contribution in [-0.2, 0) is 22.6 Å². The average Bonchev–Trinajstić information content (AvgIpc) is 2.67. The van der Waals surface area contributed by atoms with Crippen molar-refractivity contribution in [1.29, 1.82) is 0 Å². The second-order valence-corrected chi connectivity index (χ2v) is 8.23. The Bertz CT molecular complexity index is 874. The number of hydrogen-bond acceptors (Lipinski definition) is 4. The Hall–Kier alpha value is -2.13. The van der Waals surface area contributed by atoms with Gasteiger partial charge in [0.25, 0.3) is 0 Å². The van der Waals surface area contributed by atoms with E-state index in [0.717, 1.165) is 24.2 Å². The van der Waals surface area contributed by atoms with Crippen LogP contribution in [0.4, 0.5) is 19.0 Å². The molecule has 2 heterocycles. The van der Waals surface area contributed by atoms with Gasteiger partial charge in [-0.05, 0) is 36.2 Å². The van der Waals surface area contributed by atoms with Crippen LogP contribution < -0.4 is 4.90 Å². The fraction of sp³-hybridized carbons (Fsp3) is 0.389. The van der Waals surface area contributed by atoms with E-state index in [-0.39, 0.29) is 18.0 Å². The second-order valence-electron chi connectivity index (χ2n) is 6.29. The third kappa shape index (κ3) is 4.24. The lowest BCUT2D eigenvalue weighted by Crippen LogP contribution is -2.48. The van der Waals surface area contributed by atoms with Gasteiger partial charge in [-0.15, -0.1) is 0 Å². The first kappa shape index (κ1) is 19.6. The van der Waals surface area contributed by atoms with E-state index in [9.17, 15) is 21.6 Å². The van der Waals surface area contributed by atoms with E-state index < -0.39 is 21.8 Å². The van der Waals surface area contributed by atoms with Crippen LogP contribution in [-0.4, -0.2) is 43.9 Å². The van der Waals surface area contributed by atoms with Gasteiger partial charge in [0, 0.05) is 32.4 Å². The van der Waals surface area contributed by atoms with Gasteiger partial charge in [-0.1, -0.05) is 19.1 Å². The van der Waals surface area contributed by atoms with Gasteiger partial charge in [-0.3, -0.25) is 0 Å². The molecule has 146 valence electrons. The summed E-state index contributed by atoms with van der Waals surface area (Å²) in [6.45, 7) is 3.23. The van der Waals surface area contributed by atoms with E-state index in [0.29, 0.717) is 18.9 Å². The molecule has 1 aliphatic heterocycles.